The highest BCUT2D eigenvalue weighted by Crippen LogP contribution is 2.39. The van der Waals surface area contributed by atoms with Gasteiger partial charge in [0, 0.05) is 62.7 Å². The molecule has 3 heterocycles. The second-order valence-corrected chi connectivity index (χ2v) is 7.25. The van der Waals surface area contributed by atoms with Crippen molar-refractivity contribution >= 4 is 17.4 Å². The number of rotatable bonds is 4. The summed E-state index contributed by atoms with van der Waals surface area (Å²) in [7, 11) is 4.06. The molecule has 6 heteroatoms. The number of hydrogen-bond donors (Lipinski definition) is 1. The standard InChI is InChI=1S/C21H25N3O3/c1-24(2)16-5-3-4-15(12-16)18-13-22-20(19-17(18)8-11-27-19)23-21(25)14-6-9-26-10-7-14/h3-5,12-14H,6-11H2,1-2H3,(H,22,23,25). The molecule has 1 aromatic heterocycles. The van der Waals surface area contributed by atoms with Crippen LogP contribution in [0.25, 0.3) is 11.1 Å². The molecule has 0 aliphatic carbocycles. The van der Waals surface area contributed by atoms with Crippen molar-refractivity contribution in [1.82, 2.24) is 4.98 Å². The van der Waals surface area contributed by atoms with Gasteiger partial charge in [-0.05, 0) is 30.5 Å². The molecule has 142 valence electrons. The lowest BCUT2D eigenvalue weighted by molar-refractivity contribution is -0.122. The first kappa shape index (κ1) is 17.8. The summed E-state index contributed by atoms with van der Waals surface area (Å²) in [6, 6.07) is 8.36. The van der Waals surface area contributed by atoms with Gasteiger partial charge in [-0.25, -0.2) is 4.98 Å². The lowest BCUT2D eigenvalue weighted by atomic mass is 9.98. The first-order chi connectivity index (χ1) is 13.1. The van der Waals surface area contributed by atoms with E-state index >= 15 is 0 Å². The van der Waals surface area contributed by atoms with Crippen molar-refractivity contribution in [2.45, 2.75) is 19.3 Å². The van der Waals surface area contributed by atoms with Gasteiger partial charge in [-0.2, -0.15) is 0 Å². The summed E-state index contributed by atoms with van der Waals surface area (Å²) >= 11 is 0. The number of nitrogens with zero attached hydrogens (tertiary/aromatic N) is 2. The van der Waals surface area contributed by atoms with Gasteiger partial charge in [-0.1, -0.05) is 12.1 Å². The first-order valence-electron chi connectivity index (χ1n) is 9.44. The zero-order chi connectivity index (χ0) is 18.8. The van der Waals surface area contributed by atoms with E-state index in [2.05, 4.69) is 33.4 Å². The van der Waals surface area contributed by atoms with Gasteiger partial charge in [-0.3, -0.25) is 4.79 Å². The highest BCUT2D eigenvalue weighted by molar-refractivity contribution is 5.94. The monoisotopic (exact) mass is 367 g/mol. The predicted molar refractivity (Wildman–Crippen MR) is 105 cm³/mol. The number of amides is 1. The molecule has 1 amide bonds. The maximum absolute atomic E-state index is 12.6. The number of pyridine rings is 1. The van der Waals surface area contributed by atoms with Crippen LogP contribution < -0.4 is 15.0 Å². The fourth-order valence-corrected chi connectivity index (χ4v) is 3.66. The Kier molecular flexibility index (Phi) is 4.99. The van der Waals surface area contributed by atoms with E-state index in [1.54, 1.807) is 0 Å². The third-order valence-corrected chi connectivity index (χ3v) is 5.24. The summed E-state index contributed by atoms with van der Waals surface area (Å²) in [6.45, 7) is 1.89. The number of fused-ring (bicyclic) bond motifs is 1. The largest absolute Gasteiger partial charge is 0.489 e. The Morgan fingerprint density at radius 1 is 1.22 bits per heavy atom. The van der Waals surface area contributed by atoms with E-state index in [1.165, 1.54) is 0 Å². The smallest absolute Gasteiger partial charge is 0.228 e. The van der Waals surface area contributed by atoms with Gasteiger partial charge in [0.25, 0.3) is 0 Å². The molecule has 2 aliphatic rings. The molecule has 1 N–H and O–H groups in total. The van der Waals surface area contributed by atoms with Crippen molar-refractivity contribution in [3.63, 3.8) is 0 Å². The van der Waals surface area contributed by atoms with Crippen LogP contribution in [0.1, 0.15) is 18.4 Å². The van der Waals surface area contributed by atoms with Gasteiger partial charge in [0.1, 0.15) is 0 Å². The molecule has 0 saturated carbocycles. The number of anilines is 2. The van der Waals surface area contributed by atoms with Crippen molar-refractivity contribution in [3.8, 4) is 16.9 Å². The molecule has 1 saturated heterocycles. The molecule has 0 unspecified atom stereocenters. The Labute approximate surface area is 159 Å². The first-order valence-corrected chi connectivity index (χ1v) is 9.44. The van der Waals surface area contributed by atoms with Crippen LogP contribution in [0.5, 0.6) is 5.75 Å². The topological polar surface area (TPSA) is 63.7 Å². The molecular weight excluding hydrogens is 342 g/mol. The number of ether oxygens (including phenoxy) is 2. The predicted octanol–water partition coefficient (Wildman–Crippen LogP) is 3.11. The third-order valence-electron chi connectivity index (χ3n) is 5.24. The van der Waals surface area contributed by atoms with Crippen LogP contribution in [0.2, 0.25) is 0 Å². The second-order valence-electron chi connectivity index (χ2n) is 7.25. The summed E-state index contributed by atoms with van der Waals surface area (Å²) in [6.07, 6.45) is 4.18. The third kappa shape index (κ3) is 3.62. The van der Waals surface area contributed by atoms with E-state index in [0.717, 1.165) is 41.6 Å². The molecule has 4 rings (SSSR count). The maximum Gasteiger partial charge on any atom is 0.228 e. The van der Waals surface area contributed by atoms with Gasteiger partial charge >= 0.3 is 0 Å². The van der Waals surface area contributed by atoms with Crippen LogP contribution in [-0.2, 0) is 16.0 Å². The minimum Gasteiger partial charge on any atom is -0.489 e. The molecule has 0 bridgehead atoms. The van der Waals surface area contributed by atoms with Crippen LogP contribution in [-0.4, -0.2) is 44.8 Å². The molecule has 2 aromatic rings. The zero-order valence-electron chi connectivity index (χ0n) is 15.8. The zero-order valence-corrected chi connectivity index (χ0v) is 15.8. The Morgan fingerprint density at radius 2 is 2.04 bits per heavy atom. The number of aromatic nitrogens is 1. The van der Waals surface area contributed by atoms with Crippen LogP contribution in [0.4, 0.5) is 11.5 Å². The number of carbonyl (C=O) groups excluding carboxylic acids is 1. The molecule has 0 atom stereocenters. The molecule has 1 fully saturated rings. The summed E-state index contributed by atoms with van der Waals surface area (Å²) in [5, 5.41) is 2.98. The summed E-state index contributed by atoms with van der Waals surface area (Å²) in [5.74, 6) is 1.23. The van der Waals surface area contributed by atoms with E-state index in [-0.39, 0.29) is 11.8 Å². The average molecular weight is 367 g/mol. The lowest BCUT2D eigenvalue weighted by Crippen LogP contribution is -2.29. The van der Waals surface area contributed by atoms with Crippen LogP contribution in [0, 0.1) is 5.92 Å². The van der Waals surface area contributed by atoms with E-state index in [4.69, 9.17) is 9.47 Å². The number of benzene rings is 1. The SMILES string of the molecule is CN(C)c1cccc(-c2cnc(NC(=O)C3CCOCC3)c3c2CCO3)c1. The number of hydrogen-bond acceptors (Lipinski definition) is 5. The molecular formula is C21H25N3O3. The van der Waals surface area contributed by atoms with Crippen LogP contribution in [0.15, 0.2) is 30.5 Å². The second kappa shape index (κ2) is 7.56. The lowest BCUT2D eigenvalue weighted by Gasteiger charge is -2.21. The average Bonchev–Trinajstić information content (AvgIpc) is 3.19. The molecule has 27 heavy (non-hydrogen) atoms. The van der Waals surface area contributed by atoms with E-state index in [0.29, 0.717) is 31.4 Å². The summed E-state index contributed by atoms with van der Waals surface area (Å²) < 4.78 is 11.2. The maximum atomic E-state index is 12.6. The van der Waals surface area contributed by atoms with E-state index in [1.807, 2.05) is 26.4 Å². The van der Waals surface area contributed by atoms with Gasteiger partial charge in [0.15, 0.2) is 11.6 Å². The summed E-state index contributed by atoms with van der Waals surface area (Å²) in [4.78, 5) is 19.2. The van der Waals surface area contributed by atoms with Crippen molar-refractivity contribution < 1.29 is 14.3 Å². The number of nitrogens with one attached hydrogen (secondary N) is 1. The van der Waals surface area contributed by atoms with Crippen molar-refractivity contribution in [3.05, 3.63) is 36.0 Å². The van der Waals surface area contributed by atoms with Gasteiger partial charge in [0.05, 0.1) is 6.61 Å². The minimum atomic E-state index is -0.0194. The van der Waals surface area contributed by atoms with Crippen molar-refractivity contribution in [1.29, 1.82) is 0 Å². The Balaban J connectivity index is 1.63. The molecule has 2 aliphatic heterocycles. The normalized spacial score (nSPS) is 16.5. The summed E-state index contributed by atoms with van der Waals surface area (Å²) in [5.41, 5.74) is 4.42. The quantitative estimate of drug-likeness (QED) is 0.900. The van der Waals surface area contributed by atoms with E-state index < -0.39 is 0 Å². The fourth-order valence-electron chi connectivity index (χ4n) is 3.66. The minimum absolute atomic E-state index is 0.00542. The van der Waals surface area contributed by atoms with Gasteiger partial charge < -0.3 is 19.7 Å². The Morgan fingerprint density at radius 3 is 2.81 bits per heavy atom. The molecule has 0 spiro atoms. The highest BCUT2D eigenvalue weighted by Gasteiger charge is 2.27. The molecule has 6 nitrogen and oxygen atoms in total. The van der Waals surface area contributed by atoms with Crippen molar-refractivity contribution in [2.75, 3.05) is 44.1 Å². The van der Waals surface area contributed by atoms with Gasteiger partial charge in [0.2, 0.25) is 5.91 Å². The van der Waals surface area contributed by atoms with Crippen LogP contribution in [0.3, 0.4) is 0 Å². The van der Waals surface area contributed by atoms with Crippen LogP contribution >= 0.6 is 0 Å². The van der Waals surface area contributed by atoms with E-state index in [9.17, 15) is 4.79 Å². The Hall–Kier alpha value is -2.60. The molecule has 1 aromatic carbocycles. The van der Waals surface area contributed by atoms with Gasteiger partial charge in [-0.15, -0.1) is 0 Å². The number of carbonyl (C=O) groups is 1. The Bertz CT molecular complexity index is 845. The van der Waals surface area contributed by atoms with Crippen molar-refractivity contribution in [2.24, 2.45) is 5.92 Å². The fraction of sp³-hybridized carbons (Fsp3) is 0.429. The molecule has 0 radical (unpaired) electrons. The highest BCUT2D eigenvalue weighted by atomic mass is 16.5.